The van der Waals surface area contributed by atoms with Crippen LogP contribution in [0.4, 0.5) is 0 Å². The van der Waals surface area contributed by atoms with Crippen LogP contribution in [0.3, 0.4) is 0 Å². The Morgan fingerprint density at radius 3 is 2.79 bits per heavy atom. The van der Waals surface area contributed by atoms with Crippen molar-refractivity contribution in [3.05, 3.63) is 28.8 Å². The van der Waals surface area contributed by atoms with Crippen molar-refractivity contribution in [1.82, 2.24) is 4.90 Å². The number of nitriles is 1. The number of rotatable bonds is 3. The largest absolute Gasteiger partial charge is 0.497 e. The van der Waals surface area contributed by atoms with E-state index >= 15 is 0 Å². The van der Waals surface area contributed by atoms with E-state index in [9.17, 15) is 0 Å². The first-order valence-electron chi connectivity index (χ1n) is 4.10. The highest BCUT2D eigenvalue weighted by molar-refractivity contribution is 6.31. The third-order valence-electron chi connectivity index (χ3n) is 1.84. The first-order chi connectivity index (χ1) is 6.67. The molecule has 0 bridgehead atoms. The summed E-state index contributed by atoms with van der Waals surface area (Å²) in [5, 5.41) is 9.21. The lowest BCUT2D eigenvalue weighted by Crippen LogP contribution is -2.10. The number of nitrogens with zero attached hydrogens (tertiary/aromatic N) is 2. The zero-order valence-corrected chi connectivity index (χ0v) is 8.88. The summed E-state index contributed by atoms with van der Waals surface area (Å²) in [7, 11) is 3.30. The average Bonchev–Trinajstić information content (AvgIpc) is 2.20. The fraction of sp³-hybridized carbons (Fsp3) is 0.300. The van der Waals surface area contributed by atoms with Gasteiger partial charge in [-0.2, -0.15) is 5.26 Å². The Labute approximate surface area is 88.5 Å². The average molecular weight is 211 g/mol. The molecule has 0 fully saturated rings. The molecule has 4 heteroatoms. The highest BCUT2D eigenvalue weighted by atomic mass is 35.5. The number of hydrogen-bond donors (Lipinski definition) is 0. The Bertz CT molecular complexity index is 360. The summed E-state index contributed by atoms with van der Waals surface area (Å²) in [6.45, 7) is 0.513. The smallest absolute Gasteiger partial charge is 0.179 e. The highest BCUT2D eigenvalue weighted by Crippen LogP contribution is 2.22. The van der Waals surface area contributed by atoms with E-state index < -0.39 is 0 Å². The number of halogens is 1. The van der Waals surface area contributed by atoms with Crippen molar-refractivity contribution in [2.45, 2.75) is 6.54 Å². The van der Waals surface area contributed by atoms with Crippen molar-refractivity contribution in [3.8, 4) is 11.9 Å². The minimum Gasteiger partial charge on any atom is -0.497 e. The Hall–Kier alpha value is -1.40. The molecule has 0 saturated heterocycles. The third kappa shape index (κ3) is 2.54. The van der Waals surface area contributed by atoms with Crippen LogP contribution in [0.25, 0.3) is 0 Å². The van der Waals surface area contributed by atoms with Crippen molar-refractivity contribution in [3.63, 3.8) is 0 Å². The lowest BCUT2D eigenvalue weighted by Gasteiger charge is -2.10. The van der Waals surface area contributed by atoms with E-state index in [1.807, 2.05) is 18.3 Å². The van der Waals surface area contributed by atoms with Gasteiger partial charge in [0.05, 0.1) is 13.7 Å². The molecule has 1 aromatic carbocycles. The van der Waals surface area contributed by atoms with Crippen molar-refractivity contribution >= 4 is 11.6 Å². The number of methoxy groups -OCH3 is 1. The normalized spacial score (nSPS) is 9.29. The fourth-order valence-corrected chi connectivity index (χ4v) is 1.30. The van der Waals surface area contributed by atoms with Gasteiger partial charge in [-0.05, 0) is 17.7 Å². The van der Waals surface area contributed by atoms with Gasteiger partial charge < -0.3 is 9.64 Å². The van der Waals surface area contributed by atoms with Crippen molar-refractivity contribution < 1.29 is 4.74 Å². The van der Waals surface area contributed by atoms with Gasteiger partial charge in [0.2, 0.25) is 0 Å². The van der Waals surface area contributed by atoms with Gasteiger partial charge in [0.1, 0.15) is 5.75 Å². The van der Waals surface area contributed by atoms with E-state index in [1.54, 1.807) is 20.2 Å². The second-order valence-electron chi connectivity index (χ2n) is 2.91. The molecule has 3 nitrogen and oxygen atoms in total. The topological polar surface area (TPSA) is 36.3 Å². The van der Waals surface area contributed by atoms with Gasteiger partial charge in [-0.3, -0.25) is 0 Å². The zero-order chi connectivity index (χ0) is 10.6. The zero-order valence-electron chi connectivity index (χ0n) is 8.12. The predicted molar refractivity (Wildman–Crippen MR) is 55.1 cm³/mol. The van der Waals surface area contributed by atoms with Crippen LogP contribution in [0.5, 0.6) is 5.75 Å². The van der Waals surface area contributed by atoms with E-state index in [-0.39, 0.29) is 0 Å². The fourth-order valence-electron chi connectivity index (χ4n) is 1.07. The molecule has 0 unspecified atom stereocenters. The molecule has 0 N–H and O–H groups in total. The summed E-state index contributed by atoms with van der Waals surface area (Å²) >= 11 is 5.99. The summed E-state index contributed by atoms with van der Waals surface area (Å²) in [5.41, 5.74) is 0.913. The molecule has 0 aliphatic carbocycles. The Balaban J connectivity index is 2.85. The quantitative estimate of drug-likeness (QED) is 0.567. The molecule has 0 radical (unpaired) electrons. The molecule has 0 atom stereocenters. The molecule has 0 spiro atoms. The van der Waals surface area contributed by atoms with Crippen molar-refractivity contribution in [2.24, 2.45) is 0 Å². The summed E-state index contributed by atoms with van der Waals surface area (Å²) in [6, 6.07) is 5.42. The number of benzene rings is 1. The molecule has 0 aromatic heterocycles. The van der Waals surface area contributed by atoms with Gasteiger partial charge >= 0.3 is 0 Å². The van der Waals surface area contributed by atoms with Gasteiger partial charge in [0.15, 0.2) is 6.19 Å². The summed E-state index contributed by atoms with van der Waals surface area (Å²) in [6.07, 6.45) is 2.01. The predicted octanol–water partition coefficient (Wildman–Crippen LogP) is 2.26. The number of hydrogen-bond acceptors (Lipinski definition) is 3. The molecular formula is C10H11ClN2O. The molecule has 1 rings (SSSR count). The van der Waals surface area contributed by atoms with Crippen molar-refractivity contribution in [2.75, 3.05) is 14.2 Å². The lowest BCUT2D eigenvalue weighted by atomic mass is 10.2. The second kappa shape index (κ2) is 4.73. The monoisotopic (exact) mass is 210 g/mol. The van der Waals surface area contributed by atoms with E-state index in [2.05, 4.69) is 0 Å². The van der Waals surface area contributed by atoms with Crippen LogP contribution in [0, 0.1) is 11.5 Å². The van der Waals surface area contributed by atoms with Crippen LogP contribution in [0.15, 0.2) is 18.2 Å². The Morgan fingerprint density at radius 1 is 1.57 bits per heavy atom. The van der Waals surface area contributed by atoms with Gasteiger partial charge in [-0.25, -0.2) is 0 Å². The summed E-state index contributed by atoms with van der Waals surface area (Å²) < 4.78 is 5.02. The maximum atomic E-state index is 8.60. The van der Waals surface area contributed by atoms with E-state index in [0.717, 1.165) is 11.3 Å². The van der Waals surface area contributed by atoms with Crippen molar-refractivity contribution in [1.29, 1.82) is 5.26 Å². The molecule has 0 amide bonds. The minimum atomic E-state index is 0.513. The van der Waals surface area contributed by atoms with Gasteiger partial charge in [-0.15, -0.1) is 0 Å². The molecule has 0 saturated carbocycles. The molecule has 74 valence electrons. The van der Waals surface area contributed by atoms with Crippen LogP contribution in [-0.2, 0) is 6.54 Å². The Kier molecular flexibility index (Phi) is 3.61. The second-order valence-corrected chi connectivity index (χ2v) is 3.32. The van der Waals surface area contributed by atoms with Crippen LogP contribution in [0.2, 0.25) is 5.02 Å². The van der Waals surface area contributed by atoms with Gasteiger partial charge in [0.25, 0.3) is 0 Å². The van der Waals surface area contributed by atoms with Crippen LogP contribution >= 0.6 is 11.6 Å². The molecular weight excluding hydrogens is 200 g/mol. The maximum absolute atomic E-state index is 8.60. The first-order valence-corrected chi connectivity index (χ1v) is 4.48. The van der Waals surface area contributed by atoms with Gasteiger partial charge in [0, 0.05) is 12.1 Å². The number of ether oxygens (including phenoxy) is 1. The van der Waals surface area contributed by atoms with E-state index in [1.165, 1.54) is 4.90 Å². The lowest BCUT2D eigenvalue weighted by molar-refractivity contribution is 0.414. The van der Waals surface area contributed by atoms with Crippen LogP contribution < -0.4 is 4.74 Å². The summed E-state index contributed by atoms with van der Waals surface area (Å²) in [4.78, 5) is 1.51. The molecule has 1 aromatic rings. The standard InChI is InChI=1S/C10H11ClN2O/c1-13(7-12)6-8-3-4-9(14-2)5-10(8)11/h3-5H,6H2,1-2H3. The molecule has 0 aliphatic heterocycles. The molecule has 0 heterocycles. The van der Waals surface area contributed by atoms with Gasteiger partial charge in [-0.1, -0.05) is 17.7 Å². The minimum absolute atomic E-state index is 0.513. The molecule has 0 aliphatic rings. The third-order valence-corrected chi connectivity index (χ3v) is 2.19. The maximum Gasteiger partial charge on any atom is 0.179 e. The first kappa shape index (κ1) is 10.7. The highest BCUT2D eigenvalue weighted by Gasteiger charge is 2.04. The van der Waals surface area contributed by atoms with Crippen LogP contribution in [0.1, 0.15) is 5.56 Å². The molecule has 14 heavy (non-hydrogen) atoms. The Morgan fingerprint density at radius 2 is 2.29 bits per heavy atom. The van der Waals surface area contributed by atoms with E-state index in [0.29, 0.717) is 11.6 Å². The summed E-state index contributed by atoms with van der Waals surface area (Å²) in [5.74, 6) is 0.721. The SMILES string of the molecule is COc1ccc(CN(C)C#N)c(Cl)c1. The van der Waals surface area contributed by atoms with Crippen LogP contribution in [-0.4, -0.2) is 19.1 Å². The van der Waals surface area contributed by atoms with E-state index in [4.69, 9.17) is 21.6 Å².